The van der Waals surface area contributed by atoms with Gasteiger partial charge >= 0.3 is 0 Å². The molecule has 1 amide bonds. The summed E-state index contributed by atoms with van der Waals surface area (Å²) in [6.07, 6.45) is 4.57. The van der Waals surface area contributed by atoms with Crippen molar-refractivity contribution in [3.05, 3.63) is 24.0 Å². The number of carbonyl (C=O) groups is 1. The van der Waals surface area contributed by atoms with E-state index in [1.807, 2.05) is 27.8 Å². The average Bonchev–Trinajstić information content (AvgIpc) is 2.95. The van der Waals surface area contributed by atoms with Crippen molar-refractivity contribution < 1.29 is 4.79 Å². The minimum Gasteiger partial charge on any atom is -0.341 e. The van der Waals surface area contributed by atoms with Gasteiger partial charge in [0.25, 0.3) is 5.91 Å². The van der Waals surface area contributed by atoms with Crippen LogP contribution in [-0.2, 0) is 0 Å². The van der Waals surface area contributed by atoms with E-state index in [1.54, 1.807) is 0 Å². The van der Waals surface area contributed by atoms with Crippen LogP contribution in [0, 0.1) is 11.8 Å². The Bertz CT molecular complexity index is 475. The summed E-state index contributed by atoms with van der Waals surface area (Å²) in [5, 5.41) is 0. The van der Waals surface area contributed by atoms with Crippen LogP contribution in [-0.4, -0.2) is 34.5 Å². The highest BCUT2D eigenvalue weighted by atomic mass is 16.2. The Morgan fingerprint density at radius 3 is 2.74 bits per heavy atom. The van der Waals surface area contributed by atoms with E-state index in [-0.39, 0.29) is 11.9 Å². The molecule has 1 aromatic heterocycles. The molecule has 2 atom stereocenters. The lowest BCUT2D eigenvalue weighted by atomic mass is 9.99. The van der Waals surface area contributed by atoms with E-state index in [2.05, 4.69) is 13.8 Å². The first kappa shape index (κ1) is 12.7. The van der Waals surface area contributed by atoms with Crippen molar-refractivity contribution in [2.75, 3.05) is 13.1 Å². The number of hydrogen-bond acceptors (Lipinski definition) is 2. The second kappa shape index (κ2) is 4.67. The lowest BCUT2D eigenvalue weighted by molar-refractivity contribution is 0.0772. The maximum absolute atomic E-state index is 12.6. The molecule has 0 aromatic carbocycles. The van der Waals surface area contributed by atoms with E-state index >= 15 is 0 Å². The summed E-state index contributed by atoms with van der Waals surface area (Å²) in [4.78, 5) is 14.6. The van der Waals surface area contributed by atoms with Gasteiger partial charge in [0.2, 0.25) is 0 Å². The Morgan fingerprint density at radius 2 is 2.11 bits per heavy atom. The molecular weight excluding hydrogens is 238 g/mol. The lowest BCUT2D eigenvalue weighted by Crippen LogP contribution is -2.33. The SMILES string of the molecule is CC(C)n1cccc1C(=O)N1C[C@H](C2CC2)[C@@H](N)C1. The quantitative estimate of drug-likeness (QED) is 0.903. The number of nitrogens with two attached hydrogens (primary N) is 1. The van der Waals surface area contributed by atoms with Gasteiger partial charge in [-0.05, 0) is 50.7 Å². The van der Waals surface area contributed by atoms with Crippen LogP contribution in [0.1, 0.15) is 43.2 Å². The summed E-state index contributed by atoms with van der Waals surface area (Å²) in [7, 11) is 0. The summed E-state index contributed by atoms with van der Waals surface area (Å²) in [5.74, 6) is 1.42. The highest BCUT2D eigenvalue weighted by Gasteiger charge is 2.42. The summed E-state index contributed by atoms with van der Waals surface area (Å²) >= 11 is 0. The van der Waals surface area contributed by atoms with Crippen LogP contribution in [0.15, 0.2) is 18.3 Å². The Hall–Kier alpha value is -1.29. The molecule has 0 spiro atoms. The van der Waals surface area contributed by atoms with E-state index < -0.39 is 0 Å². The number of amides is 1. The van der Waals surface area contributed by atoms with Gasteiger partial charge in [-0.25, -0.2) is 0 Å². The fourth-order valence-electron chi connectivity index (χ4n) is 3.23. The summed E-state index contributed by atoms with van der Waals surface area (Å²) < 4.78 is 2.04. The number of hydrogen-bond donors (Lipinski definition) is 1. The van der Waals surface area contributed by atoms with Crippen molar-refractivity contribution in [1.29, 1.82) is 0 Å². The fourth-order valence-corrected chi connectivity index (χ4v) is 3.23. The molecule has 19 heavy (non-hydrogen) atoms. The molecular formula is C15H23N3O. The molecule has 1 saturated carbocycles. The van der Waals surface area contributed by atoms with E-state index in [9.17, 15) is 4.79 Å². The van der Waals surface area contributed by atoms with Crippen molar-refractivity contribution >= 4 is 5.91 Å². The monoisotopic (exact) mass is 261 g/mol. The van der Waals surface area contributed by atoms with Crippen molar-refractivity contribution in [1.82, 2.24) is 9.47 Å². The number of rotatable bonds is 3. The average molecular weight is 261 g/mol. The van der Waals surface area contributed by atoms with Gasteiger partial charge in [-0.2, -0.15) is 0 Å². The molecule has 2 N–H and O–H groups in total. The van der Waals surface area contributed by atoms with Gasteiger partial charge in [0.1, 0.15) is 5.69 Å². The van der Waals surface area contributed by atoms with E-state index in [0.29, 0.717) is 18.5 Å². The third-order valence-corrected chi connectivity index (χ3v) is 4.48. The number of likely N-dealkylation sites (tertiary alicyclic amines) is 1. The Kier molecular flexibility index (Phi) is 3.13. The standard InChI is InChI=1S/C15H23N3O/c1-10(2)18-7-3-4-14(18)15(19)17-8-12(11-5-6-11)13(16)9-17/h3-4,7,10-13H,5-6,8-9,16H2,1-2H3/t12-,13+/m1/s1. The fraction of sp³-hybridized carbons (Fsp3) is 0.667. The molecule has 104 valence electrons. The van der Waals surface area contributed by atoms with Gasteiger partial charge in [0, 0.05) is 31.4 Å². The van der Waals surface area contributed by atoms with Crippen LogP contribution in [0.3, 0.4) is 0 Å². The van der Waals surface area contributed by atoms with Gasteiger partial charge in [0.05, 0.1) is 0 Å². The molecule has 1 aliphatic carbocycles. The van der Waals surface area contributed by atoms with Crippen LogP contribution in [0.2, 0.25) is 0 Å². The third-order valence-electron chi connectivity index (χ3n) is 4.48. The van der Waals surface area contributed by atoms with Crippen molar-refractivity contribution in [3.8, 4) is 0 Å². The van der Waals surface area contributed by atoms with Crippen molar-refractivity contribution in [3.63, 3.8) is 0 Å². The first-order valence-corrected chi connectivity index (χ1v) is 7.29. The maximum Gasteiger partial charge on any atom is 0.270 e. The molecule has 1 aromatic rings. The lowest BCUT2D eigenvalue weighted by Gasteiger charge is -2.19. The van der Waals surface area contributed by atoms with Crippen LogP contribution in [0.25, 0.3) is 0 Å². The smallest absolute Gasteiger partial charge is 0.270 e. The zero-order valence-electron chi connectivity index (χ0n) is 11.7. The highest BCUT2D eigenvalue weighted by Crippen LogP contribution is 2.41. The topological polar surface area (TPSA) is 51.3 Å². The Balaban J connectivity index is 1.75. The summed E-state index contributed by atoms with van der Waals surface area (Å²) in [5.41, 5.74) is 6.99. The summed E-state index contributed by atoms with van der Waals surface area (Å²) in [6, 6.07) is 4.34. The van der Waals surface area contributed by atoms with Gasteiger partial charge in [-0.15, -0.1) is 0 Å². The molecule has 0 radical (unpaired) electrons. The van der Waals surface area contributed by atoms with Crippen LogP contribution >= 0.6 is 0 Å². The molecule has 2 fully saturated rings. The molecule has 1 aliphatic heterocycles. The molecule has 3 rings (SSSR count). The van der Waals surface area contributed by atoms with E-state index in [1.165, 1.54) is 12.8 Å². The Morgan fingerprint density at radius 1 is 1.37 bits per heavy atom. The molecule has 0 bridgehead atoms. The largest absolute Gasteiger partial charge is 0.341 e. The number of carbonyl (C=O) groups excluding carboxylic acids is 1. The molecule has 2 heterocycles. The minimum absolute atomic E-state index is 0.136. The maximum atomic E-state index is 12.6. The van der Waals surface area contributed by atoms with E-state index in [0.717, 1.165) is 18.2 Å². The molecule has 1 saturated heterocycles. The molecule has 4 nitrogen and oxygen atoms in total. The first-order valence-electron chi connectivity index (χ1n) is 7.29. The van der Waals surface area contributed by atoms with Crippen LogP contribution in [0.5, 0.6) is 0 Å². The van der Waals surface area contributed by atoms with Gasteiger partial charge in [-0.3, -0.25) is 4.79 Å². The van der Waals surface area contributed by atoms with Gasteiger partial charge in [-0.1, -0.05) is 0 Å². The second-order valence-electron chi connectivity index (χ2n) is 6.27. The highest BCUT2D eigenvalue weighted by molar-refractivity contribution is 5.93. The van der Waals surface area contributed by atoms with Gasteiger partial charge in [0.15, 0.2) is 0 Å². The summed E-state index contributed by atoms with van der Waals surface area (Å²) in [6.45, 7) is 5.75. The van der Waals surface area contributed by atoms with Crippen molar-refractivity contribution in [2.24, 2.45) is 17.6 Å². The molecule has 2 aliphatic rings. The predicted octanol–water partition coefficient (Wildman–Crippen LogP) is 1.88. The zero-order chi connectivity index (χ0) is 13.6. The molecule has 0 unspecified atom stereocenters. The van der Waals surface area contributed by atoms with Crippen LogP contribution < -0.4 is 5.73 Å². The van der Waals surface area contributed by atoms with Crippen molar-refractivity contribution in [2.45, 2.75) is 38.8 Å². The number of aromatic nitrogens is 1. The Labute approximate surface area is 114 Å². The minimum atomic E-state index is 0.136. The zero-order valence-corrected chi connectivity index (χ0v) is 11.7. The second-order valence-corrected chi connectivity index (χ2v) is 6.27. The number of nitrogens with zero attached hydrogens (tertiary/aromatic N) is 2. The van der Waals surface area contributed by atoms with E-state index in [4.69, 9.17) is 5.73 Å². The third kappa shape index (κ3) is 2.29. The predicted molar refractivity (Wildman–Crippen MR) is 74.9 cm³/mol. The molecule has 4 heteroatoms. The van der Waals surface area contributed by atoms with Crippen LogP contribution in [0.4, 0.5) is 0 Å². The van der Waals surface area contributed by atoms with Gasteiger partial charge < -0.3 is 15.2 Å². The normalized spacial score (nSPS) is 27.3. The first-order chi connectivity index (χ1) is 9.08.